The van der Waals surface area contributed by atoms with Gasteiger partial charge < -0.3 is 9.16 Å². The van der Waals surface area contributed by atoms with E-state index in [0.717, 1.165) is 24.2 Å². The molecule has 198 valence electrons. The summed E-state index contributed by atoms with van der Waals surface area (Å²) in [6.45, 7) is 19.5. The fraction of sp³-hybridized carbons (Fsp3) is 0.903. The minimum atomic E-state index is -1.73. The van der Waals surface area contributed by atoms with Crippen molar-refractivity contribution in [2.75, 3.05) is 0 Å². The van der Waals surface area contributed by atoms with Gasteiger partial charge in [-0.05, 0) is 116 Å². The third-order valence-corrected chi connectivity index (χ3v) is 17.1. The van der Waals surface area contributed by atoms with Crippen LogP contribution in [0.25, 0.3) is 0 Å². The normalized spacial score (nSPS) is 44.7. The molecule has 0 spiro atoms. The fourth-order valence-corrected chi connectivity index (χ4v) is 10.8. The van der Waals surface area contributed by atoms with E-state index >= 15 is 0 Å². The quantitative estimate of drug-likeness (QED) is 0.221. The van der Waals surface area contributed by atoms with Gasteiger partial charge in [-0.15, -0.1) is 0 Å². The molecular weight excluding hydrogens is 448 g/mol. The van der Waals surface area contributed by atoms with Gasteiger partial charge in [-0.2, -0.15) is 0 Å². The Labute approximate surface area is 216 Å². The van der Waals surface area contributed by atoms with Crippen LogP contribution in [-0.4, -0.2) is 26.5 Å². The van der Waals surface area contributed by atoms with E-state index in [1.165, 1.54) is 51.4 Å². The first-order chi connectivity index (χ1) is 16.3. The van der Waals surface area contributed by atoms with Crippen LogP contribution < -0.4 is 0 Å². The molecule has 9 atom stereocenters. The number of ether oxygens (including phenoxy) is 1. The number of rotatable bonds is 4. The van der Waals surface area contributed by atoms with Gasteiger partial charge in [-0.1, -0.05) is 53.2 Å². The topological polar surface area (TPSA) is 35.5 Å². The van der Waals surface area contributed by atoms with Crippen molar-refractivity contribution in [1.82, 2.24) is 0 Å². The molecule has 0 N–H and O–H groups in total. The number of fused-ring (bicyclic) bond motifs is 5. The van der Waals surface area contributed by atoms with Crippen LogP contribution in [0, 0.1) is 40.4 Å². The predicted molar refractivity (Wildman–Crippen MR) is 146 cm³/mol. The lowest BCUT2D eigenvalue weighted by molar-refractivity contribution is -0.145. The molecule has 0 aromatic carbocycles. The minimum Gasteiger partial charge on any atom is -0.462 e. The Morgan fingerprint density at radius 3 is 2.46 bits per heavy atom. The second-order valence-electron chi connectivity index (χ2n) is 15.2. The molecule has 1 aliphatic heterocycles. The van der Waals surface area contributed by atoms with E-state index in [-0.39, 0.29) is 17.1 Å². The average Bonchev–Trinajstić information content (AvgIpc) is 3.35. The number of carbonyl (C=O) groups excluding carboxylic acids is 1. The molecule has 4 fully saturated rings. The Hall–Kier alpha value is -0.613. The summed E-state index contributed by atoms with van der Waals surface area (Å²) in [5, 5.41) is 0.278. The summed E-state index contributed by atoms with van der Waals surface area (Å²) >= 11 is 0. The number of carbonyl (C=O) groups is 1. The van der Waals surface area contributed by atoms with Crippen molar-refractivity contribution in [3.8, 4) is 0 Å². The lowest BCUT2D eigenvalue weighted by atomic mass is 9.47. The molecule has 4 heteroatoms. The van der Waals surface area contributed by atoms with Crippen LogP contribution in [0.3, 0.4) is 0 Å². The van der Waals surface area contributed by atoms with E-state index in [4.69, 9.17) is 9.16 Å². The summed E-state index contributed by atoms with van der Waals surface area (Å²) in [7, 11) is -1.73. The van der Waals surface area contributed by atoms with Gasteiger partial charge in [0.05, 0.1) is 0 Å². The molecule has 0 unspecified atom stereocenters. The molecule has 4 aliphatic carbocycles. The number of hydrogen-bond donors (Lipinski definition) is 0. The SMILES string of the molecule is C[C@H]([C@@H]1CCC(=O)O1)[C@H]1CC[C@H]2[C@@H]3CC=C4C[C@@H](O[Si](C)(C)C(C)(C)C)CC[C@]4(C)[C@H]3CC[C@]12C. The Morgan fingerprint density at radius 1 is 1.06 bits per heavy atom. The molecule has 0 bridgehead atoms. The maximum absolute atomic E-state index is 11.8. The summed E-state index contributed by atoms with van der Waals surface area (Å²) in [4.78, 5) is 11.8. The van der Waals surface area contributed by atoms with Crippen LogP contribution in [0.2, 0.25) is 18.1 Å². The van der Waals surface area contributed by atoms with Crippen LogP contribution in [0.4, 0.5) is 0 Å². The van der Waals surface area contributed by atoms with Gasteiger partial charge in [0, 0.05) is 12.5 Å². The Bertz CT molecular complexity index is 871. The molecular formula is C31H52O3Si. The highest BCUT2D eigenvalue weighted by Crippen LogP contribution is 2.67. The molecule has 0 amide bonds. The first kappa shape index (κ1) is 26.0. The lowest BCUT2D eigenvalue weighted by Gasteiger charge is -2.59. The second-order valence-corrected chi connectivity index (χ2v) is 19.9. The number of esters is 1. The molecule has 1 heterocycles. The van der Waals surface area contributed by atoms with E-state index in [1.807, 2.05) is 0 Å². The van der Waals surface area contributed by atoms with Gasteiger partial charge in [-0.25, -0.2) is 0 Å². The summed E-state index contributed by atoms with van der Waals surface area (Å²) < 4.78 is 12.7. The largest absolute Gasteiger partial charge is 0.462 e. The summed E-state index contributed by atoms with van der Waals surface area (Å²) in [5.74, 6) is 3.74. The maximum atomic E-state index is 11.8. The third kappa shape index (κ3) is 4.21. The molecule has 0 radical (unpaired) electrons. The molecule has 5 aliphatic rings. The van der Waals surface area contributed by atoms with Crippen molar-refractivity contribution in [1.29, 1.82) is 0 Å². The zero-order valence-corrected chi connectivity index (χ0v) is 24.9. The van der Waals surface area contributed by atoms with Crippen LogP contribution >= 0.6 is 0 Å². The molecule has 3 nitrogen and oxygen atoms in total. The fourth-order valence-electron chi connectivity index (χ4n) is 9.40. The second kappa shape index (κ2) is 8.72. The van der Waals surface area contributed by atoms with Crippen LogP contribution in [-0.2, 0) is 14.0 Å². The van der Waals surface area contributed by atoms with Crippen molar-refractivity contribution in [3.05, 3.63) is 11.6 Å². The smallest absolute Gasteiger partial charge is 0.306 e. The monoisotopic (exact) mass is 500 g/mol. The molecule has 0 aromatic heterocycles. The highest BCUT2D eigenvalue weighted by Gasteiger charge is 2.60. The predicted octanol–water partition coefficient (Wildman–Crippen LogP) is 8.30. The van der Waals surface area contributed by atoms with E-state index in [1.54, 1.807) is 5.57 Å². The van der Waals surface area contributed by atoms with Crippen LogP contribution in [0.5, 0.6) is 0 Å². The number of allylic oxidation sites excluding steroid dienone is 1. The van der Waals surface area contributed by atoms with E-state index in [0.29, 0.717) is 35.2 Å². The highest BCUT2D eigenvalue weighted by atomic mass is 28.4. The van der Waals surface area contributed by atoms with Gasteiger partial charge in [0.2, 0.25) is 0 Å². The zero-order valence-electron chi connectivity index (χ0n) is 23.9. The van der Waals surface area contributed by atoms with Crippen molar-refractivity contribution >= 4 is 14.3 Å². The Morgan fingerprint density at radius 2 is 1.80 bits per heavy atom. The third-order valence-electron chi connectivity index (χ3n) is 12.5. The first-order valence-electron chi connectivity index (χ1n) is 14.8. The van der Waals surface area contributed by atoms with Crippen LogP contribution in [0.15, 0.2) is 11.6 Å². The van der Waals surface area contributed by atoms with Gasteiger partial charge >= 0.3 is 5.97 Å². The van der Waals surface area contributed by atoms with Gasteiger partial charge in [0.25, 0.3) is 0 Å². The lowest BCUT2D eigenvalue weighted by Crippen LogP contribution is -2.52. The van der Waals surface area contributed by atoms with Gasteiger partial charge in [-0.3, -0.25) is 4.79 Å². The van der Waals surface area contributed by atoms with Crippen molar-refractivity contribution in [3.63, 3.8) is 0 Å². The van der Waals surface area contributed by atoms with E-state index in [9.17, 15) is 4.79 Å². The average molecular weight is 501 g/mol. The van der Waals surface area contributed by atoms with Crippen molar-refractivity contribution in [2.24, 2.45) is 40.4 Å². The summed E-state index contributed by atoms with van der Waals surface area (Å²) in [5.41, 5.74) is 2.53. The standard InChI is InChI=1S/C31H52O3Si/c1-20(27-13-14-28(32)33-27)24-11-12-25-23-10-9-21-19-22(34-35(7,8)29(2,3)4)15-17-30(21,5)26(23)16-18-31(24,25)6/h9,20,22-27H,10-19H2,1-8H3/t20-,22-,23-,24+,25-,26-,27-,30-,31+/m0/s1. The molecule has 3 saturated carbocycles. The number of hydrogen-bond acceptors (Lipinski definition) is 3. The van der Waals surface area contributed by atoms with Crippen LogP contribution in [0.1, 0.15) is 106 Å². The van der Waals surface area contributed by atoms with Crippen molar-refractivity contribution < 1.29 is 14.0 Å². The number of cyclic esters (lactones) is 1. The van der Waals surface area contributed by atoms with Gasteiger partial charge in [0.1, 0.15) is 6.10 Å². The van der Waals surface area contributed by atoms with E-state index in [2.05, 4.69) is 60.7 Å². The molecule has 5 rings (SSSR count). The molecule has 0 aromatic rings. The Kier molecular flexibility index (Phi) is 6.48. The van der Waals surface area contributed by atoms with Crippen molar-refractivity contribution in [2.45, 2.75) is 136 Å². The Balaban J connectivity index is 1.31. The first-order valence-corrected chi connectivity index (χ1v) is 17.7. The molecule has 1 saturated heterocycles. The molecule has 35 heavy (non-hydrogen) atoms. The summed E-state index contributed by atoms with van der Waals surface area (Å²) in [6, 6.07) is 0. The maximum Gasteiger partial charge on any atom is 0.306 e. The zero-order chi connectivity index (χ0) is 25.4. The summed E-state index contributed by atoms with van der Waals surface area (Å²) in [6.07, 6.45) is 15.3. The minimum absolute atomic E-state index is 0.0243. The van der Waals surface area contributed by atoms with E-state index < -0.39 is 8.32 Å². The van der Waals surface area contributed by atoms with Gasteiger partial charge in [0.15, 0.2) is 8.32 Å². The highest BCUT2D eigenvalue weighted by molar-refractivity contribution is 6.74.